The molecule has 2 rings (SSSR count). The highest BCUT2D eigenvalue weighted by molar-refractivity contribution is 9.10. The van der Waals surface area contributed by atoms with Crippen LogP contribution in [0, 0.1) is 0 Å². The number of hydrogen-bond donors (Lipinski definition) is 1. The molecule has 1 aromatic carbocycles. The molecule has 1 aliphatic rings. The fraction of sp³-hybridized carbons (Fsp3) is 0.429. The molecule has 1 fully saturated rings. The van der Waals surface area contributed by atoms with Gasteiger partial charge in [-0.25, -0.2) is 0 Å². The number of ketones is 1. The van der Waals surface area contributed by atoms with Crippen LogP contribution >= 0.6 is 15.9 Å². The predicted octanol–water partition coefficient (Wildman–Crippen LogP) is 2.70. The minimum Gasteiger partial charge on any atom is -0.480 e. The normalized spacial score (nSPS) is 19.5. The van der Waals surface area contributed by atoms with Crippen molar-refractivity contribution >= 4 is 27.6 Å². The van der Waals surface area contributed by atoms with Gasteiger partial charge in [0.2, 0.25) is 0 Å². The molecule has 5 heteroatoms. The summed E-state index contributed by atoms with van der Waals surface area (Å²) in [4.78, 5) is 23.4. The molecule has 102 valence electrons. The number of ether oxygens (including phenoxy) is 1. The number of amides is 1. The molecular weight excluding hydrogens is 310 g/mol. The summed E-state index contributed by atoms with van der Waals surface area (Å²) in [6.45, 7) is 2.18. The maximum absolute atomic E-state index is 11.9. The summed E-state index contributed by atoms with van der Waals surface area (Å²) in [6.07, 6.45) is 2.06. The Balaban J connectivity index is 2.23. The first-order valence-electron chi connectivity index (χ1n) is 6.33. The molecule has 0 bridgehead atoms. The van der Waals surface area contributed by atoms with Crippen LogP contribution in [0.15, 0.2) is 22.7 Å². The molecule has 1 saturated heterocycles. The lowest BCUT2D eigenvalue weighted by molar-refractivity contribution is -0.127. The molecule has 1 unspecified atom stereocenters. The van der Waals surface area contributed by atoms with Crippen LogP contribution in [0.2, 0.25) is 0 Å². The summed E-state index contributed by atoms with van der Waals surface area (Å²) in [7, 11) is 0. The van der Waals surface area contributed by atoms with Crippen molar-refractivity contribution in [3.63, 3.8) is 0 Å². The van der Waals surface area contributed by atoms with Crippen molar-refractivity contribution in [3.05, 3.63) is 28.2 Å². The largest absolute Gasteiger partial charge is 0.480 e. The van der Waals surface area contributed by atoms with Crippen LogP contribution in [0.3, 0.4) is 0 Å². The van der Waals surface area contributed by atoms with E-state index >= 15 is 0 Å². The molecule has 1 heterocycles. The van der Waals surface area contributed by atoms with Gasteiger partial charge in [-0.15, -0.1) is 0 Å². The Hall–Kier alpha value is -1.36. The minimum absolute atomic E-state index is 0.0727. The van der Waals surface area contributed by atoms with E-state index in [1.807, 2.05) is 0 Å². The Kier molecular flexibility index (Phi) is 4.58. The average molecular weight is 326 g/mol. The summed E-state index contributed by atoms with van der Waals surface area (Å²) in [5.41, 5.74) is 0.500. The summed E-state index contributed by atoms with van der Waals surface area (Å²) < 4.78 is 6.58. The zero-order chi connectivity index (χ0) is 13.8. The second kappa shape index (κ2) is 6.19. The van der Waals surface area contributed by atoms with Crippen molar-refractivity contribution in [2.75, 3.05) is 6.54 Å². The molecular formula is C14H16BrNO3. The van der Waals surface area contributed by atoms with Crippen LogP contribution in [0.4, 0.5) is 0 Å². The highest BCUT2D eigenvalue weighted by Crippen LogP contribution is 2.26. The number of halogens is 1. The average Bonchev–Trinajstić information content (AvgIpc) is 2.55. The molecule has 0 aromatic heterocycles. The Morgan fingerprint density at radius 3 is 2.95 bits per heavy atom. The van der Waals surface area contributed by atoms with E-state index in [0.29, 0.717) is 24.3 Å². The van der Waals surface area contributed by atoms with Gasteiger partial charge in [-0.2, -0.15) is 0 Å². The Morgan fingerprint density at radius 1 is 1.42 bits per heavy atom. The molecule has 1 aromatic rings. The quantitative estimate of drug-likeness (QED) is 0.869. The number of benzene rings is 1. The van der Waals surface area contributed by atoms with Gasteiger partial charge in [0.25, 0.3) is 5.91 Å². The highest BCUT2D eigenvalue weighted by Gasteiger charge is 2.23. The topological polar surface area (TPSA) is 55.4 Å². The third kappa shape index (κ3) is 3.56. The molecule has 1 amide bonds. The van der Waals surface area contributed by atoms with Gasteiger partial charge in [0.1, 0.15) is 5.75 Å². The van der Waals surface area contributed by atoms with E-state index < -0.39 is 6.10 Å². The number of hydrogen-bond acceptors (Lipinski definition) is 3. The Labute approximate surface area is 120 Å². The van der Waals surface area contributed by atoms with Crippen LogP contribution in [0.5, 0.6) is 5.75 Å². The van der Waals surface area contributed by atoms with Crippen LogP contribution in [-0.2, 0) is 4.79 Å². The molecule has 0 aliphatic carbocycles. The van der Waals surface area contributed by atoms with Crippen molar-refractivity contribution < 1.29 is 14.3 Å². The Bertz CT molecular complexity index is 501. The number of carbonyl (C=O) groups excluding carboxylic acids is 2. The fourth-order valence-electron chi connectivity index (χ4n) is 2.06. The van der Waals surface area contributed by atoms with Crippen LogP contribution < -0.4 is 10.1 Å². The van der Waals surface area contributed by atoms with Crippen molar-refractivity contribution in [1.82, 2.24) is 5.32 Å². The van der Waals surface area contributed by atoms with Gasteiger partial charge in [0, 0.05) is 11.0 Å². The lowest BCUT2D eigenvalue weighted by Gasteiger charge is -2.17. The van der Waals surface area contributed by atoms with Crippen molar-refractivity contribution in [2.45, 2.75) is 32.3 Å². The fourth-order valence-corrected chi connectivity index (χ4v) is 2.40. The van der Waals surface area contributed by atoms with Crippen LogP contribution in [0.25, 0.3) is 0 Å². The third-order valence-corrected chi connectivity index (χ3v) is 3.57. The van der Waals surface area contributed by atoms with Crippen LogP contribution in [-0.4, -0.2) is 24.3 Å². The van der Waals surface area contributed by atoms with Gasteiger partial charge in [-0.05, 0) is 44.4 Å². The maximum Gasteiger partial charge on any atom is 0.261 e. The number of carbonyl (C=O) groups is 2. The molecule has 1 atom stereocenters. The van der Waals surface area contributed by atoms with Gasteiger partial charge in [0.15, 0.2) is 11.9 Å². The first-order chi connectivity index (χ1) is 9.08. The van der Waals surface area contributed by atoms with Gasteiger partial charge in [0.05, 0.1) is 5.56 Å². The van der Waals surface area contributed by atoms with Gasteiger partial charge in [-0.3, -0.25) is 9.59 Å². The number of Topliss-reactive ketones (excluding diaryl/α,β-unsaturated/α-hetero) is 1. The van der Waals surface area contributed by atoms with E-state index in [4.69, 9.17) is 4.74 Å². The van der Waals surface area contributed by atoms with Crippen molar-refractivity contribution in [2.24, 2.45) is 0 Å². The Morgan fingerprint density at radius 2 is 2.21 bits per heavy atom. The number of nitrogens with one attached hydrogen (secondary N) is 1. The van der Waals surface area contributed by atoms with E-state index in [2.05, 4.69) is 21.2 Å². The maximum atomic E-state index is 11.9. The second-order valence-electron chi connectivity index (χ2n) is 4.59. The van der Waals surface area contributed by atoms with Crippen molar-refractivity contribution in [3.8, 4) is 5.75 Å². The monoisotopic (exact) mass is 325 g/mol. The van der Waals surface area contributed by atoms with Gasteiger partial charge in [-0.1, -0.05) is 15.9 Å². The molecule has 0 radical (unpaired) electrons. The molecule has 1 aliphatic heterocycles. The molecule has 0 spiro atoms. The van der Waals surface area contributed by atoms with E-state index in [-0.39, 0.29) is 11.7 Å². The first kappa shape index (κ1) is 14.1. The van der Waals surface area contributed by atoms with E-state index in [9.17, 15) is 9.59 Å². The van der Waals surface area contributed by atoms with Crippen molar-refractivity contribution in [1.29, 1.82) is 0 Å². The van der Waals surface area contributed by atoms with Gasteiger partial charge < -0.3 is 10.1 Å². The van der Waals surface area contributed by atoms with Gasteiger partial charge >= 0.3 is 0 Å². The number of rotatable bonds is 3. The summed E-state index contributed by atoms with van der Waals surface area (Å²) in [6, 6.07) is 5.22. The predicted molar refractivity (Wildman–Crippen MR) is 75.4 cm³/mol. The zero-order valence-corrected chi connectivity index (χ0v) is 12.3. The smallest absolute Gasteiger partial charge is 0.261 e. The molecule has 4 nitrogen and oxygen atoms in total. The highest BCUT2D eigenvalue weighted by atomic mass is 79.9. The summed E-state index contributed by atoms with van der Waals surface area (Å²) in [5.74, 6) is 0.285. The molecule has 19 heavy (non-hydrogen) atoms. The second-order valence-corrected chi connectivity index (χ2v) is 5.51. The van der Waals surface area contributed by atoms with E-state index in [1.54, 1.807) is 18.2 Å². The minimum atomic E-state index is -0.519. The molecule has 0 saturated carbocycles. The molecule has 1 N–H and O–H groups in total. The summed E-state index contributed by atoms with van der Waals surface area (Å²) in [5, 5.41) is 2.82. The SMILES string of the molecule is CC(=O)c1ccc(Br)cc1OC1CCCCNC1=O. The van der Waals surface area contributed by atoms with Crippen LogP contribution in [0.1, 0.15) is 36.5 Å². The standard InChI is InChI=1S/C14H16BrNO3/c1-9(17)11-6-5-10(15)8-13(11)19-12-4-2-3-7-16-14(12)18/h5-6,8,12H,2-4,7H2,1H3,(H,16,18). The first-order valence-corrected chi connectivity index (χ1v) is 7.12. The lowest BCUT2D eigenvalue weighted by Crippen LogP contribution is -2.36. The van der Waals surface area contributed by atoms with E-state index in [1.165, 1.54) is 6.92 Å². The van der Waals surface area contributed by atoms with E-state index in [0.717, 1.165) is 17.3 Å². The lowest BCUT2D eigenvalue weighted by atomic mass is 10.1. The summed E-state index contributed by atoms with van der Waals surface area (Å²) >= 11 is 3.35. The zero-order valence-electron chi connectivity index (χ0n) is 10.7. The third-order valence-electron chi connectivity index (χ3n) is 3.08.